The molecule has 0 bridgehead atoms. The van der Waals surface area contributed by atoms with Gasteiger partial charge in [-0.2, -0.15) is 0 Å². The minimum atomic E-state index is -1.31. The topological polar surface area (TPSA) is 59.7 Å². The van der Waals surface area contributed by atoms with Crippen LogP contribution in [0.4, 0.5) is 4.39 Å². The van der Waals surface area contributed by atoms with Crippen LogP contribution in [0.25, 0.3) is 0 Å². The average Bonchev–Trinajstić information content (AvgIpc) is 2.72. The van der Waals surface area contributed by atoms with Crippen molar-refractivity contribution in [1.29, 1.82) is 0 Å². The number of benzene rings is 1. The van der Waals surface area contributed by atoms with Crippen LogP contribution in [0.15, 0.2) is 39.4 Å². The first-order valence-electron chi connectivity index (χ1n) is 4.96. The molecule has 2 rings (SSSR count). The van der Waals surface area contributed by atoms with Crippen LogP contribution >= 0.6 is 15.9 Å². The van der Waals surface area contributed by atoms with E-state index in [2.05, 4.69) is 15.9 Å². The van der Waals surface area contributed by atoms with Gasteiger partial charge in [0.1, 0.15) is 23.9 Å². The second-order valence-corrected chi connectivity index (χ2v) is 4.22. The minimum Gasteiger partial charge on any atom is -0.486 e. The Hall–Kier alpha value is -1.82. The van der Waals surface area contributed by atoms with Gasteiger partial charge in [-0.15, -0.1) is 0 Å². The molecule has 0 saturated heterocycles. The van der Waals surface area contributed by atoms with Gasteiger partial charge < -0.3 is 14.3 Å². The average molecular weight is 315 g/mol. The number of rotatable bonds is 4. The van der Waals surface area contributed by atoms with Gasteiger partial charge in [-0.3, -0.25) is 0 Å². The van der Waals surface area contributed by atoms with Crippen LogP contribution in [0.1, 0.15) is 16.1 Å². The highest BCUT2D eigenvalue weighted by atomic mass is 79.9. The summed E-state index contributed by atoms with van der Waals surface area (Å²) in [5.74, 6) is -1.33. The monoisotopic (exact) mass is 314 g/mol. The molecule has 2 aromatic rings. The third-order valence-corrected chi connectivity index (χ3v) is 2.61. The van der Waals surface area contributed by atoms with Crippen molar-refractivity contribution in [2.45, 2.75) is 6.61 Å². The van der Waals surface area contributed by atoms with E-state index in [1.165, 1.54) is 6.07 Å². The SMILES string of the molecule is O=C(O)c1ccc(OCc2ccc(Br)o2)cc1F. The number of hydrogen-bond donors (Lipinski definition) is 1. The highest BCUT2D eigenvalue weighted by Crippen LogP contribution is 2.19. The van der Waals surface area contributed by atoms with E-state index >= 15 is 0 Å². The molecule has 0 unspecified atom stereocenters. The number of carbonyl (C=O) groups is 1. The Morgan fingerprint density at radius 1 is 1.39 bits per heavy atom. The van der Waals surface area contributed by atoms with E-state index in [9.17, 15) is 9.18 Å². The van der Waals surface area contributed by atoms with Crippen molar-refractivity contribution in [3.05, 3.63) is 52.1 Å². The fraction of sp³-hybridized carbons (Fsp3) is 0.0833. The van der Waals surface area contributed by atoms with E-state index in [1.54, 1.807) is 12.1 Å². The van der Waals surface area contributed by atoms with Crippen LogP contribution in [-0.4, -0.2) is 11.1 Å². The first-order chi connectivity index (χ1) is 8.56. The molecule has 4 nitrogen and oxygen atoms in total. The number of furan rings is 1. The quantitative estimate of drug-likeness (QED) is 0.939. The van der Waals surface area contributed by atoms with Crippen LogP contribution in [0.3, 0.4) is 0 Å². The van der Waals surface area contributed by atoms with Crippen molar-refractivity contribution in [3.8, 4) is 5.75 Å². The van der Waals surface area contributed by atoms with Crippen LogP contribution in [0.5, 0.6) is 5.75 Å². The summed E-state index contributed by atoms with van der Waals surface area (Å²) in [7, 11) is 0. The summed E-state index contributed by atoms with van der Waals surface area (Å²) >= 11 is 3.15. The molecule has 0 aliphatic carbocycles. The number of carboxylic acid groups (broad SMARTS) is 1. The van der Waals surface area contributed by atoms with Gasteiger partial charge in [-0.25, -0.2) is 9.18 Å². The molecule has 0 aliphatic heterocycles. The maximum atomic E-state index is 13.3. The summed E-state index contributed by atoms with van der Waals surface area (Å²) in [5, 5.41) is 8.67. The van der Waals surface area contributed by atoms with Gasteiger partial charge in [0.25, 0.3) is 0 Å². The smallest absolute Gasteiger partial charge is 0.338 e. The Labute approximate surface area is 110 Å². The number of carboxylic acids is 1. The van der Waals surface area contributed by atoms with E-state index in [0.717, 1.165) is 12.1 Å². The molecule has 94 valence electrons. The van der Waals surface area contributed by atoms with Gasteiger partial charge in [0.05, 0.1) is 5.56 Å². The second kappa shape index (κ2) is 5.22. The maximum absolute atomic E-state index is 13.3. The Kier molecular flexibility index (Phi) is 3.66. The van der Waals surface area contributed by atoms with Gasteiger partial charge in [-0.05, 0) is 40.2 Å². The van der Waals surface area contributed by atoms with Gasteiger partial charge in [0.15, 0.2) is 4.67 Å². The lowest BCUT2D eigenvalue weighted by Gasteiger charge is -2.05. The lowest BCUT2D eigenvalue weighted by atomic mass is 10.2. The zero-order valence-corrected chi connectivity index (χ0v) is 10.6. The van der Waals surface area contributed by atoms with Crippen molar-refractivity contribution >= 4 is 21.9 Å². The van der Waals surface area contributed by atoms with Crippen molar-refractivity contribution in [3.63, 3.8) is 0 Å². The zero-order valence-electron chi connectivity index (χ0n) is 9.02. The van der Waals surface area contributed by atoms with E-state index < -0.39 is 11.8 Å². The van der Waals surface area contributed by atoms with Gasteiger partial charge >= 0.3 is 5.97 Å². The number of halogens is 2. The molecule has 6 heteroatoms. The summed E-state index contributed by atoms with van der Waals surface area (Å²) in [6.07, 6.45) is 0. The molecule has 0 spiro atoms. The van der Waals surface area contributed by atoms with E-state index in [1.807, 2.05) is 0 Å². The molecule has 0 aliphatic rings. The van der Waals surface area contributed by atoms with E-state index in [4.69, 9.17) is 14.3 Å². The Bertz CT molecular complexity index is 579. The zero-order chi connectivity index (χ0) is 13.1. The van der Waals surface area contributed by atoms with E-state index in [0.29, 0.717) is 10.4 Å². The Morgan fingerprint density at radius 2 is 2.17 bits per heavy atom. The lowest BCUT2D eigenvalue weighted by Crippen LogP contribution is -2.01. The molecular weight excluding hydrogens is 307 g/mol. The normalized spacial score (nSPS) is 10.3. The highest BCUT2D eigenvalue weighted by molar-refractivity contribution is 9.10. The molecular formula is C12H8BrFO4. The highest BCUT2D eigenvalue weighted by Gasteiger charge is 2.11. The van der Waals surface area contributed by atoms with Gasteiger partial charge in [0.2, 0.25) is 0 Å². The first kappa shape index (κ1) is 12.6. The lowest BCUT2D eigenvalue weighted by molar-refractivity contribution is 0.0692. The second-order valence-electron chi connectivity index (χ2n) is 3.44. The van der Waals surface area contributed by atoms with Crippen LogP contribution < -0.4 is 4.74 Å². The van der Waals surface area contributed by atoms with Crippen LogP contribution in [0, 0.1) is 5.82 Å². The van der Waals surface area contributed by atoms with E-state index in [-0.39, 0.29) is 17.9 Å². The molecule has 0 saturated carbocycles. The van der Waals surface area contributed by atoms with Gasteiger partial charge in [-0.1, -0.05) is 0 Å². The Balaban J connectivity index is 2.06. The first-order valence-corrected chi connectivity index (χ1v) is 5.75. The predicted octanol–water partition coefficient (Wildman–Crippen LogP) is 3.46. The summed E-state index contributed by atoms with van der Waals surface area (Å²) in [4.78, 5) is 10.6. The minimum absolute atomic E-state index is 0.136. The predicted molar refractivity (Wildman–Crippen MR) is 64.1 cm³/mol. The van der Waals surface area contributed by atoms with Crippen molar-refractivity contribution in [2.75, 3.05) is 0 Å². The van der Waals surface area contributed by atoms with Crippen LogP contribution in [0.2, 0.25) is 0 Å². The molecule has 1 aromatic heterocycles. The molecule has 18 heavy (non-hydrogen) atoms. The maximum Gasteiger partial charge on any atom is 0.338 e. The van der Waals surface area contributed by atoms with Crippen LogP contribution in [-0.2, 0) is 6.61 Å². The molecule has 0 amide bonds. The summed E-state index contributed by atoms with van der Waals surface area (Å²) in [5.41, 5.74) is -0.386. The fourth-order valence-electron chi connectivity index (χ4n) is 1.34. The largest absolute Gasteiger partial charge is 0.486 e. The third-order valence-electron chi connectivity index (χ3n) is 2.18. The number of ether oxygens (including phenoxy) is 1. The standard InChI is InChI=1S/C12H8BrFO4/c13-11-4-2-8(18-11)6-17-7-1-3-9(12(15)16)10(14)5-7/h1-5H,6H2,(H,15,16). The number of aromatic carboxylic acids is 1. The van der Waals surface area contributed by atoms with Gasteiger partial charge in [0, 0.05) is 6.07 Å². The molecule has 0 fully saturated rings. The summed E-state index contributed by atoms with van der Waals surface area (Å²) < 4.78 is 24.4. The molecule has 1 N–H and O–H groups in total. The third kappa shape index (κ3) is 2.89. The van der Waals surface area contributed by atoms with Crippen molar-refractivity contribution in [2.24, 2.45) is 0 Å². The fourth-order valence-corrected chi connectivity index (χ4v) is 1.68. The molecule has 0 atom stereocenters. The molecule has 1 aromatic carbocycles. The van der Waals surface area contributed by atoms with Crippen molar-refractivity contribution in [1.82, 2.24) is 0 Å². The molecule has 1 heterocycles. The summed E-state index contributed by atoms with van der Waals surface area (Å²) in [6.45, 7) is 0.136. The summed E-state index contributed by atoms with van der Waals surface area (Å²) in [6, 6.07) is 7.01. The molecule has 0 radical (unpaired) electrons. The number of hydrogen-bond acceptors (Lipinski definition) is 3. The van der Waals surface area contributed by atoms with Crippen molar-refractivity contribution < 1.29 is 23.4 Å². The Morgan fingerprint density at radius 3 is 2.72 bits per heavy atom.